The molecule has 0 amide bonds. The van der Waals surface area contributed by atoms with Gasteiger partial charge in [0.25, 0.3) is 0 Å². The maximum absolute atomic E-state index is 13.1. The number of carbonyl (C=O) groups is 1. The van der Waals surface area contributed by atoms with Crippen molar-refractivity contribution >= 4 is 5.97 Å². The lowest BCUT2D eigenvalue weighted by atomic mass is 9.41. The highest BCUT2D eigenvalue weighted by Crippen LogP contribution is 2.89. The molecule has 7 aliphatic rings. The lowest BCUT2D eigenvalue weighted by Gasteiger charge is -2.64. The summed E-state index contributed by atoms with van der Waals surface area (Å²) < 4.78 is 38.4. The SMILES string of the molecule is CC(=O)O[C@@H](C1C[C@@H](C)C2C(O1)[C@H](O)[C@@]1(C)[C@@H]3CC[C@H]4C(C)(C)[C@@H](OC5CN(CCF)CCO5)CC[C@@]45CC35CC[C@]21C)C(C)(C)O. The van der Waals surface area contributed by atoms with Gasteiger partial charge in [-0.1, -0.05) is 34.6 Å². The van der Waals surface area contributed by atoms with Gasteiger partial charge >= 0.3 is 5.97 Å². The lowest BCUT2D eigenvalue weighted by Crippen LogP contribution is -2.60. The summed E-state index contributed by atoms with van der Waals surface area (Å²) >= 11 is 0. The number of hydrogen-bond acceptors (Lipinski definition) is 8. The van der Waals surface area contributed by atoms with E-state index >= 15 is 0 Å². The molecule has 7 fully saturated rings. The molecule has 2 saturated heterocycles. The predicted molar refractivity (Wildman–Crippen MR) is 175 cm³/mol. The van der Waals surface area contributed by atoms with Crippen LogP contribution in [0.1, 0.15) is 107 Å². The molecule has 5 unspecified atom stereocenters. The summed E-state index contributed by atoms with van der Waals surface area (Å²) in [5.74, 6) is 1.01. The van der Waals surface area contributed by atoms with E-state index in [1.54, 1.807) is 13.8 Å². The van der Waals surface area contributed by atoms with E-state index in [2.05, 4.69) is 39.5 Å². The smallest absolute Gasteiger partial charge is 0.303 e. The van der Waals surface area contributed by atoms with Crippen LogP contribution in [-0.4, -0.2) is 96.4 Å². The van der Waals surface area contributed by atoms with E-state index in [-0.39, 0.29) is 64.1 Å². The summed E-state index contributed by atoms with van der Waals surface area (Å²) in [7, 11) is 0. The van der Waals surface area contributed by atoms with E-state index < -0.39 is 29.9 Å². The van der Waals surface area contributed by atoms with Crippen molar-refractivity contribution in [2.75, 3.05) is 32.9 Å². The number of carbonyl (C=O) groups excluding carboxylic acids is 1. The van der Waals surface area contributed by atoms with Crippen molar-refractivity contribution in [3.05, 3.63) is 0 Å². The molecule has 0 bridgehead atoms. The Morgan fingerprint density at radius 1 is 1.09 bits per heavy atom. The molecule has 0 aromatic rings. The Balaban J connectivity index is 1.13. The molecule has 2 heterocycles. The fraction of sp³-hybridized carbons (Fsp3) is 0.974. The molecule has 5 saturated carbocycles. The van der Waals surface area contributed by atoms with Crippen LogP contribution in [0, 0.1) is 50.7 Å². The van der Waals surface area contributed by atoms with Crippen molar-refractivity contribution in [2.24, 2.45) is 50.7 Å². The minimum atomic E-state index is -1.26. The molecule has 0 aromatic heterocycles. The summed E-state index contributed by atoms with van der Waals surface area (Å²) in [6.45, 7) is 18.8. The Kier molecular flexibility index (Phi) is 8.34. The zero-order valence-corrected chi connectivity index (χ0v) is 30.2. The number of fused-ring (bicyclic) bond motifs is 4. The molecule has 47 heavy (non-hydrogen) atoms. The topological polar surface area (TPSA) is 97.7 Å². The van der Waals surface area contributed by atoms with E-state index in [1.165, 1.54) is 19.8 Å². The van der Waals surface area contributed by atoms with Gasteiger partial charge in [0.15, 0.2) is 12.4 Å². The van der Waals surface area contributed by atoms with E-state index in [1.807, 2.05) is 0 Å². The molecule has 7 rings (SSSR count). The molecule has 2 N–H and O–H groups in total. The standard InChI is InChI=1S/C38H62FNO7/c1-22-19-24(32(34(5,6)43)45-23(2)41)46-30-29(22)35(7)13-14-38-21-37(38)12-11-27(47-28-20-40(16-15-39)17-18-44-28)33(3,4)25(37)9-10-26(38)36(35,8)31(30)42/h22,24-32,42-43H,9-21H2,1-8H3/t22-,24?,25+,26+,27+,28?,29?,30?,31+,32+,35-,36-,37-,38?/m1/s1. The number of aliphatic hydroxyl groups excluding tert-OH is 1. The molecule has 0 aromatic carbocycles. The number of hydrogen-bond donors (Lipinski definition) is 2. The highest BCUT2D eigenvalue weighted by Gasteiger charge is 2.84. The van der Waals surface area contributed by atoms with Crippen LogP contribution in [0.5, 0.6) is 0 Å². The van der Waals surface area contributed by atoms with Crippen LogP contribution >= 0.6 is 0 Å². The number of esters is 1. The first-order chi connectivity index (χ1) is 22.0. The second-order valence-electron chi connectivity index (χ2n) is 18.7. The van der Waals surface area contributed by atoms with Gasteiger partial charge in [-0.05, 0) is 111 Å². The van der Waals surface area contributed by atoms with Gasteiger partial charge in [-0.3, -0.25) is 9.69 Å². The Hall–Kier alpha value is -0.840. The number of nitrogens with zero attached hydrogens (tertiary/aromatic N) is 1. The van der Waals surface area contributed by atoms with Crippen LogP contribution < -0.4 is 0 Å². The molecule has 14 atom stereocenters. The Morgan fingerprint density at radius 3 is 2.47 bits per heavy atom. The predicted octanol–water partition coefficient (Wildman–Crippen LogP) is 5.52. The monoisotopic (exact) mass is 663 g/mol. The minimum Gasteiger partial charge on any atom is -0.457 e. The lowest BCUT2D eigenvalue weighted by molar-refractivity contribution is -0.249. The van der Waals surface area contributed by atoms with Crippen molar-refractivity contribution in [3.63, 3.8) is 0 Å². The second kappa shape index (κ2) is 11.3. The Morgan fingerprint density at radius 2 is 1.79 bits per heavy atom. The fourth-order valence-electron chi connectivity index (χ4n) is 13.9. The molecule has 0 radical (unpaired) electrons. The summed E-state index contributed by atoms with van der Waals surface area (Å²) in [6.07, 6.45) is 6.21. The second-order valence-corrected chi connectivity index (χ2v) is 18.7. The van der Waals surface area contributed by atoms with E-state index in [0.717, 1.165) is 38.6 Å². The van der Waals surface area contributed by atoms with Crippen LogP contribution in [0.2, 0.25) is 0 Å². The van der Waals surface area contributed by atoms with Gasteiger partial charge in [-0.15, -0.1) is 0 Å². The maximum Gasteiger partial charge on any atom is 0.303 e. The molecular formula is C38H62FNO7. The van der Waals surface area contributed by atoms with Crippen molar-refractivity contribution in [2.45, 2.75) is 149 Å². The number of aliphatic hydroxyl groups is 2. The quantitative estimate of drug-likeness (QED) is 0.344. The average Bonchev–Trinajstić information content (AvgIpc) is 3.62. The Bertz CT molecular complexity index is 1220. The van der Waals surface area contributed by atoms with Crippen molar-refractivity contribution in [1.82, 2.24) is 4.90 Å². The number of alkyl halides is 1. The van der Waals surface area contributed by atoms with Crippen LogP contribution in [-0.2, 0) is 23.7 Å². The van der Waals surface area contributed by atoms with E-state index in [0.29, 0.717) is 38.0 Å². The van der Waals surface area contributed by atoms with Crippen LogP contribution in [0.3, 0.4) is 0 Å². The molecule has 9 heteroatoms. The summed E-state index contributed by atoms with van der Waals surface area (Å²) in [5.41, 5.74) is -1.12. The molecular weight excluding hydrogens is 601 g/mol. The van der Waals surface area contributed by atoms with Gasteiger partial charge in [-0.25, -0.2) is 4.39 Å². The first-order valence-corrected chi connectivity index (χ1v) is 18.7. The first kappa shape index (κ1) is 34.6. The van der Waals surface area contributed by atoms with Crippen molar-refractivity contribution in [3.8, 4) is 0 Å². The zero-order valence-electron chi connectivity index (χ0n) is 30.2. The van der Waals surface area contributed by atoms with Gasteiger partial charge in [0, 0.05) is 32.0 Å². The van der Waals surface area contributed by atoms with E-state index in [9.17, 15) is 19.4 Å². The highest BCUT2D eigenvalue weighted by molar-refractivity contribution is 5.66. The van der Waals surface area contributed by atoms with Gasteiger partial charge in [0.2, 0.25) is 0 Å². The number of halogens is 1. The largest absolute Gasteiger partial charge is 0.457 e. The van der Waals surface area contributed by atoms with Crippen LogP contribution in [0.25, 0.3) is 0 Å². The number of ether oxygens (including phenoxy) is 4. The fourth-order valence-corrected chi connectivity index (χ4v) is 13.9. The summed E-state index contributed by atoms with van der Waals surface area (Å²) in [4.78, 5) is 14.2. The van der Waals surface area contributed by atoms with Gasteiger partial charge in [0.05, 0.1) is 36.6 Å². The third kappa shape index (κ3) is 4.82. The number of rotatable bonds is 7. The Labute approximate surface area is 281 Å². The van der Waals surface area contributed by atoms with Crippen molar-refractivity contribution < 1.29 is 38.3 Å². The van der Waals surface area contributed by atoms with Crippen molar-refractivity contribution in [1.29, 1.82) is 0 Å². The maximum atomic E-state index is 13.1. The summed E-state index contributed by atoms with van der Waals surface area (Å²) in [6, 6.07) is 0. The molecule has 8 nitrogen and oxygen atoms in total. The van der Waals surface area contributed by atoms with Crippen LogP contribution in [0.4, 0.5) is 4.39 Å². The van der Waals surface area contributed by atoms with Crippen LogP contribution in [0.15, 0.2) is 0 Å². The zero-order chi connectivity index (χ0) is 33.9. The molecule has 2 aliphatic heterocycles. The van der Waals surface area contributed by atoms with Gasteiger partial charge in [-0.2, -0.15) is 0 Å². The minimum absolute atomic E-state index is 0.00392. The normalized spacial score (nSPS) is 51.1. The molecule has 5 aliphatic carbocycles. The van der Waals surface area contributed by atoms with Gasteiger partial charge in [0.1, 0.15) is 6.67 Å². The molecule has 268 valence electrons. The third-order valence-corrected chi connectivity index (χ3v) is 15.9. The average molecular weight is 664 g/mol. The third-order valence-electron chi connectivity index (χ3n) is 15.9. The first-order valence-electron chi connectivity index (χ1n) is 18.7. The van der Waals surface area contributed by atoms with E-state index in [4.69, 9.17) is 18.9 Å². The highest BCUT2D eigenvalue weighted by atomic mass is 19.1. The summed E-state index contributed by atoms with van der Waals surface area (Å²) in [5, 5.41) is 23.6. The number of morpholine rings is 1. The molecule has 2 spiro atoms. The van der Waals surface area contributed by atoms with Gasteiger partial charge < -0.3 is 29.2 Å².